The van der Waals surface area contributed by atoms with E-state index in [9.17, 15) is 14.0 Å². The number of fused-ring (bicyclic) bond motifs is 2. The van der Waals surface area contributed by atoms with E-state index in [-0.39, 0.29) is 30.1 Å². The van der Waals surface area contributed by atoms with Gasteiger partial charge in [-0.05, 0) is 60.9 Å². The van der Waals surface area contributed by atoms with Crippen LogP contribution < -0.4 is 10.2 Å². The minimum atomic E-state index is -0.356. The zero-order valence-corrected chi connectivity index (χ0v) is 16.9. The van der Waals surface area contributed by atoms with Gasteiger partial charge in [-0.15, -0.1) is 0 Å². The first-order chi connectivity index (χ1) is 14.6. The Morgan fingerprint density at radius 2 is 1.87 bits per heavy atom. The number of carbonyl (C=O) groups excluding carboxylic acids is 2. The molecule has 1 aliphatic heterocycles. The number of hydrogen-bond donors (Lipinski definition) is 1. The molecule has 0 unspecified atom stereocenters. The van der Waals surface area contributed by atoms with Gasteiger partial charge >= 0.3 is 0 Å². The maximum absolute atomic E-state index is 13.4. The maximum Gasteiger partial charge on any atom is 0.259 e. The predicted molar refractivity (Wildman–Crippen MR) is 116 cm³/mol. The third-order valence-corrected chi connectivity index (χ3v) is 6.35. The van der Waals surface area contributed by atoms with Crippen molar-refractivity contribution >= 4 is 35.0 Å². The van der Waals surface area contributed by atoms with E-state index in [1.807, 2.05) is 47.4 Å². The monoisotopic (exact) mass is 418 g/mol. The summed E-state index contributed by atoms with van der Waals surface area (Å²) in [7, 11) is 0. The second kappa shape index (κ2) is 7.61. The van der Waals surface area contributed by atoms with Crippen LogP contribution in [-0.2, 0) is 11.2 Å². The van der Waals surface area contributed by atoms with Crippen LogP contribution in [0.4, 0.5) is 15.8 Å². The topological polar surface area (TPSA) is 49.4 Å². The maximum atomic E-state index is 13.4. The molecule has 1 saturated carbocycles. The zero-order chi connectivity index (χ0) is 20.7. The molecule has 3 aromatic rings. The van der Waals surface area contributed by atoms with Crippen LogP contribution in [0.1, 0.15) is 28.8 Å². The number of hydrogen-bond acceptors (Lipinski definition) is 3. The third kappa shape index (κ3) is 3.71. The molecule has 4 nitrogen and oxygen atoms in total. The molecule has 6 heteroatoms. The summed E-state index contributed by atoms with van der Waals surface area (Å²) >= 11 is 1.54. The SMILES string of the molecule is O=C(Cc1cccc(F)c1)Nc1ccc2c(c1)Sc1ccccc1C(=O)N2C1CC1. The van der Waals surface area contributed by atoms with Crippen molar-refractivity contribution in [2.45, 2.75) is 35.1 Å². The zero-order valence-electron chi connectivity index (χ0n) is 16.1. The van der Waals surface area contributed by atoms with Gasteiger partial charge in [-0.3, -0.25) is 9.59 Å². The summed E-state index contributed by atoms with van der Waals surface area (Å²) in [5, 5.41) is 2.90. The van der Waals surface area contributed by atoms with Crippen LogP contribution in [0.15, 0.2) is 76.5 Å². The van der Waals surface area contributed by atoms with Crippen molar-refractivity contribution in [3.8, 4) is 0 Å². The fourth-order valence-electron chi connectivity index (χ4n) is 3.70. The standard InChI is InChI=1S/C24H19FN2O2S/c25-16-5-3-4-15(12-16)13-23(28)26-17-8-11-20-22(14-17)30-21-7-2-1-6-19(21)24(29)27(20)18-9-10-18/h1-8,11-12,14,18H,9-10,13H2,(H,26,28). The lowest BCUT2D eigenvalue weighted by atomic mass is 10.1. The van der Waals surface area contributed by atoms with Crippen LogP contribution in [0.3, 0.4) is 0 Å². The van der Waals surface area contributed by atoms with E-state index in [4.69, 9.17) is 0 Å². The van der Waals surface area contributed by atoms with Gasteiger partial charge < -0.3 is 10.2 Å². The van der Waals surface area contributed by atoms with Crippen molar-refractivity contribution in [3.63, 3.8) is 0 Å². The van der Waals surface area contributed by atoms with Crippen LogP contribution in [0.25, 0.3) is 0 Å². The first-order valence-electron chi connectivity index (χ1n) is 9.87. The normalized spacial score (nSPS) is 15.2. The molecule has 1 fully saturated rings. The smallest absolute Gasteiger partial charge is 0.259 e. The van der Waals surface area contributed by atoms with E-state index in [0.717, 1.165) is 28.3 Å². The highest BCUT2D eigenvalue weighted by molar-refractivity contribution is 7.99. The molecule has 1 aliphatic carbocycles. The Hall–Kier alpha value is -3.12. The molecule has 2 amide bonds. The molecule has 3 aromatic carbocycles. The lowest BCUT2D eigenvalue weighted by Crippen LogP contribution is -2.32. The Morgan fingerprint density at radius 1 is 1.03 bits per heavy atom. The summed E-state index contributed by atoms with van der Waals surface area (Å²) in [5.74, 6) is -0.540. The molecule has 5 rings (SSSR count). The minimum Gasteiger partial charge on any atom is -0.326 e. The second-order valence-electron chi connectivity index (χ2n) is 7.54. The average molecular weight is 418 g/mol. The summed E-state index contributed by atoms with van der Waals surface area (Å²) in [6.45, 7) is 0. The van der Waals surface area contributed by atoms with E-state index < -0.39 is 0 Å². The van der Waals surface area contributed by atoms with Crippen molar-refractivity contribution in [2.24, 2.45) is 0 Å². The molecule has 1 N–H and O–H groups in total. The van der Waals surface area contributed by atoms with Gasteiger partial charge in [0.05, 0.1) is 17.7 Å². The third-order valence-electron chi connectivity index (χ3n) is 5.23. The summed E-state index contributed by atoms with van der Waals surface area (Å²) < 4.78 is 13.4. The van der Waals surface area contributed by atoms with E-state index >= 15 is 0 Å². The van der Waals surface area contributed by atoms with Crippen molar-refractivity contribution in [3.05, 3.63) is 83.7 Å². The molecule has 150 valence electrons. The van der Waals surface area contributed by atoms with Crippen LogP contribution in [0.5, 0.6) is 0 Å². The summed E-state index contributed by atoms with van der Waals surface area (Å²) in [4.78, 5) is 29.4. The number of benzene rings is 3. The van der Waals surface area contributed by atoms with Gasteiger partial charge in [0.15, 0.2) is 0 Å². The molecule has 0 atom stereocenters. The van der Waals surface area contributed by atoms with E-state index in [0.29, 0.717) is 16.8 Å². The van der Waals surface area contributed by atoms with Crippen LogP contribution >= 0.6 is 11.8 Å². The Bertz CT molecular complexity index is 1160. The Labute approximate surface area is 178 Å². The number of halogens is 1. The Kier molecular flexibility index (Phi) is 4.79. The highest BCUT2D eigenvalue weighted by atomic mass is 32.2. The molecule has 0 aromatic heterocycles. The quantitative estimate of drug-likeness (QED) is 0.627. The van der Waals surface area contributed by atoms with Crippen molar-refractivity contribution in [1.29, 1.82) is 0 Å². The number of carbonyl (C=O) groups is 2. The molecule has 0 bridgehead atoms. The summed E-state index contributed by atoms with van der Waals surface area (Å²) in [6.07, 6.45) is 2.10. The van der Waals surface area contributed by atoms with Crippen LogP contribution in [0.2, 0.25) is 0 Å². The first-order valence-corrected chi connectivity index (χ1v) is 10.7. The van der Waals surface area contributed by atoms with E-state index in [1.54, 1.807) is 12.1 Å². The van der Waals surface area contributed by atoms with Crippen LogP contribution in [0, 0.1) is 5.82 Å². The first kappa shape index (κ1) is 18.9. The molecular weight excluding hydrogens is 399 g/mol. The number of anilines is 2. The van der Waals surface area contributed by atoms with E-state index in [1.165, 1.54) is 23.9 Å². The molecule has 2 aliphatic rings. The van der Waals surface area contributed by atoms with Crippen LogP contribution in [-0.4, -0.2) is 17.9 Å². The molecule has 1 heterocycles. The Balaban J connectivity index is 1.43. The van der Waals surface area contributed by atoms with E-state index in [2.05, 4.69) is 5.32 Å². The summed E-state index contributed by atoms with van der Waals surface area (Å²) in [6, 6.07) is 19.5. The van der Waals surface area contributed by atoms with Gasteiger partial charge in [0.25, 0.3) is 5.91 Å². The second-order valence-corrected chi connectivity index (χ2v) is 8.63. The Morgan fingerprint density at radius 3 is 2.67 bits per heavy atom. The highest BCUT2D eigenvalue weighted by Crippen LogP contribution is 2.46. The summed E-state index contributed by atoms with van der Waals surface area (Å²) in [5.41, 5.74) is 2.87. The fraction of sp³-hybridized carbons (Fsp3) is 0.167. The number of rotatable bonds is 4. The lowest BCUT2D eigenvalue weighted by Gasteiger charge is -2.23. The molecule has 0 saturated heterocycles. The molecular formula is C24H19FN2O2S. The number of amides is 2. The number of nitrogens with zero attached hydrogens (tertiary/aromatic N) is 1. The van der Waals surface area contributed by atoms with Crippen molar-refractivity contribution < 1.29 is 14.0 Å². The van der Waals surface area contributed by atoms with Gasteiger partial charge in [-0.25, -0.2) is 4.39 Å². The highest BCUT2D eigenvalue weighted by Gasteiger charge is 2.38. The molecule has 0 spiro atoms. The minimum absolute atomic E-state index is 0.0299. The van der Waals surface area contributed by atoms with Gasteiger partial charge in [-0.2, -0.15) is 0 Å². The largest absolute Gasteiger partial charge is 0.326 e. The number of nitrogens with one attached hydrogen (secondary N) is 1. The average Bonchev–Trinajstić information content (AvgIpc) is 3.55. The molecule has 0 radical (unpaired) electrons. The van der Waals surface area contributed by atoms with Gasteiger partial charge in [-0.1, -0.05) is 36.0 Å². The predicted octanol–water partition coefficient (Wildman–Crippen LogP) is 5.28. The fourth-order valence-corrected chi connectivity index (χ4v) is 4.80. The van der Waals surface area contributed by atoms with Crippen molar-refractivity contribution in [1.82, 2.24) is 0 Å². The van der Waals surface area contributed by atoms with Gasteiger partial charge in [0.2, 0.25) is 5.91 Å². The molecule has 30 heavy (non-hydrogen) atoms. The lowest BCUT2D eigenvalue weighted by molar-refractivity contribution is -0.115. The van der Waals surface area contributed by atoms with Crippen molar-refractivity contribution in [2.75, 3.05) is 10.2 Å². The van der Waals surface area contributed by atoms with Gasteiger partial charge in [0.1, 0.15) is 5.82 Å². The van der Waals surface area contributed by atoms with Gasteiger partial charge in [0, 0.05) is 21.5 Å².